The van der Waals surface area contributed by atoms with Gasteiger partial charge in [0.25, 0.3) is 0 Å². The lowest BCUT2D eigenvalue weighted by atomic mass is 9.89. The highest BCUT2D eigenvalue weighted by molar-refractivity contribution is 7.98. The van der Waals surface area contributed by atoms with E-state index in [1.165, 1.54) is 41.8 Å². The van der Waals surface area contributed by atoms with Crippen LogP contribution in [0.2, 0.25) is 0 Å². The van der Waals surface area contributed by atoms with Crippen LogP contribution < -0.4 is 10.6 Å². The van der Waals surface area contributed by atoms with Crippen molar-refractivity contribution in [1.82, 2.24) is 14.9 Å². The van der Waals surface area contributed by atoms with Crippen molar-refractivity contribution in [1.29, 1.82) is 0 Å². The summed E-state index contributed by atoms with van der Waals surface area (Å²) in [4.78, 5) is 0. The van der Waals surface area contributed by atoms with Crippen molar-refractivity contribution >= 4 is 11.8 Å². The SMILES string of the molecule is Nn1c(SCc2ccccc2OC(F)F)nnc1C1CCCCC1. The molecule has 0 amide bonds. The standard InChI is InChI=1S/C16H20F2N4OS/c17-15(18)23-13-9-5-4-8-12(13)10-24-16-21-20-14(22(16)19)11-6-2-1-3-7-11/h4-5,8-9,11,15H,1-3,6-7,10,19H2. The van der Waals surface area contributed by atoms with Gasteiger partial charge >= 0.3 is 6.61 Å². The highest BCUT2D eigenvalue weighted by atomic mass is 32.2. The minimum absolute atomic E-state index is 0.176. The van der Waals surface area contributed by atoms with Gasteiger partial charge in [-0.15, -0.1) is 10.2 Å². The Morgan fingerprint density at radius 3 is 2.71 bits per heavy atom. The molecule has 1 aliphatic carbocycles. The molecular weight excluding hydrogens is 334 g/mol. The first-order valence-corrected chi connectivity index (χ1v) is 8.99. The van der Waals surface area contributed by atoms with Crippen molar-refractivity contribution in [3.8, 4) is 5.75 Å². The maximum atomic E-state index is 12.5. The molecule has 0 bridgehead atoms. The van der Waals surface area contributed by atoms with Gasteiger partial charge in [0, 0.05) is 17.2 Å². The number of alkyl halides is 2. The van der Waals surface area contributed by atoms with Gasteiger partial charge in [-0.3, -0.25) is 0 Å². The average Bonchev–Trinajstić information content (AvgIpc) is 2.95. The molecule has 0 saturated heterocycles. The van der Waals surface area contributed by atoms with Crippen LogP contribution in [0.25, 0.3) is 0 Å². The molecule has 1 heterocycles. The Morgan fingerprint density at radius 1 is 1.21 bits per heavy atom. The lowest BCUT2D eigenvalue weighted by molar-refractivity contribution is -0.0503. The maximum absolute atomic E-state index is 12.5. The van der Waals surface area contributed by atoms with Crippen molar-refractivity contribution in [3.05, 3.63) is 35.7 Å². The van der Waals surface area contributed by atoms with Gasteiger partial charge < -0.3 is 10.6 Å². The van der Waals surface area contributed by atoms with Crippen LogP contribution >= 0.6 is 11.8 Å². The van der Waals surface area contributed by atoms with E-state index in [2.05, 4.69) is 14.9 Å². The van der Waals surface area contributed by atoms with Crippen LogP contribution in [-0.2, 0) is 5.75 Å². The molecule has 0 spiro atoms. The molecule has 1 fully saturated rings. The molecule has 0 unspecified atom stereocenters. The van der Waals surface area contributed by atoms with E-state index in [1.807, 2.05) is 0 Å². The lowest BCUT2D eigenvalue weighted by Gasteiger charge is -2.20. The number of aromatic nitrogens is 3. The van der Waals surface area contributed by atoms with E-state index in [0.717, 1.165) is 18.7 Å². The van der Waals surface area contributed by atoms with Gasteiger partial charge in [0.15, 0.2) is 5.82 Å². The summed E-state index contributed by atoms with van der Waals surface area (Å²) in [7, 11) is 0. The largest absolute Gasteiger partial charge is 0.435 e. The molecule has 24 heavy (non-hydrogen) atoms. The summed E-state index contributed by atoms with van der Waals surface area (Å²) in [6.07, 6.45) is 5.82. The molecule has 0 aliphatic heterocycles. The van der Waals surface area contributed by atoms with Crippen LogP contribution in [0.5, 0.6) is 5.75 Å². The number of benzene rings is 1. The molecule has 0 atom stereocenters. The summed E-state index contributed by atoms with van der Waals surface area (Å²) < 4.78 is 31.0. The van der Waals surface area contributed by atoms with Crippen molar-refractivity contribution < 1.29 is 13.5 Å². The third-order valence-corrected chi connectivity index (χ3v) is 5.20. The number of ether oxygens (including phenoxy) is 1. The third-order valence-electron chi connectivity index (χ3n) is 4.21. The molecule has 3 rings (SSSR count). The highest BCUT2D eigenvalue weighted by Gasteiger charge is 2.22. The van der Waals surface area contributed by atoms with Crippen molar-refractivity contribution in [2.24, 2.45) is 0 Å². The van der Waals surface area contributed by atoms with Crippen molar-refractivity contribution in [2.45, 2.75) is 55.5 Å². The highest BCUT2D eigenvalue weighted by Crippen LogP contribution is 2.33. The third kappa shape index (κ3) is 3.98. The molecule has 1 aromatic heterocycles. The summed E-state index contributed by atoms with van der Waals surface area (Å²) in [5.41, 5.74) is 0.671. The fourth-order valence-corrected chi connectivity index (χ4v) is 3.86. The molecule has 1 saturated carbocycles. The Labute approximate surface area is 143 Å². The number of rotatable bonds is 6. The average molecular weight is 354 g/mol. The van der Waals surface area contributed by atoms with Crippen LogP contribution in [0, 0.1) is 0 Å². The predicted molar refractivity (Wildman–Crippen MR) is 88.6 cm³/mol. The van der Waals surface area contributed by atoms with E-state index in [4.69, 9.17) is 5.84 Å². The first-order valence-electron chi connectivity index (χ1n) is 8.01. The molecule has 1 aromatic carbocycles. The molecule has 2 N–H and O–H groups in total. The second-order valence-electron chi connectivity index (χ2n) is 5.82. The number of hydrogen-bond donors (Lipinski definition) is 1. The van der Waals surface area contributed by atoms with Gasteiger partial charge in [-0.05, 0) is 18.9 Å². The quantitative estimate of drug-likeness (QED) is 0.629. The Hall–Kier alpha value is -1.83. The van der Waals surface area contributed by atoms with E-state index in [1.54, 1.807) is 18.2 Å². The number of para-hydroxylation sites is 1. The van der Waals surface area contributed by atoms with Gasteiger partial charge in [0.2, 0.25) is 5.16 Å². The monoisotopic (exact) mass is 354 g/mol. The van der Waals surface area contributed by atoms with Crippen LogP contribution in [0.3, 0.4) is 0 Å². The normalized spacial score (nSPS) is 15.8. The molecule has 5 nitrogen and oxygen atoms in total. The van der Waals surface area contributed by atoms with Gasteiger partial charge in [-0.1, -0.05) is 49.2 Å². The minimum Gasteiger partial charge on any atom is -0.435 e. The van der Waals surface area contributed by atoms with Gasteiger partial charge in [-0.25, -0.2) is 4.68 Å². The van der Waals surface area contributed by atoms with E-state index in [-0.39, 0.29) is 5.75 Å². The van der Waals surface area contributed by atoms with E-state index < -0.39 is 6.61 Å². The Balaban J connectivity index is 1.68. The molecule has 8 heteroatoms. The van der Waals surface area contributed by atoms with E-state index in [0.29, 0.717) is 22.4 Å². The lowest BCUT2D eigenvalue weighted by Crippen LogP contribution is -2.18. The number of thioether (sulfide) groups is 1. The first-order chi connectivity index (χ1) is 11.6. The molecule has 2 aromatic rings. The number of nitrogens with two attached hydrogens (primary N) is 1. The van der Waals surface area contributed by atoms with E-state index in [9.17, 15) is 8.78 Å². The van der Waals surface area contributed by atoms with Crippen LogP contribution in [0.1, 0.15) is 49.4 Å². The van der Waals surface area contributed by atoms with E-state index >= 15 is 0 Å². The summed E-state index contributed by atoms with van der Waals surface area (Å²) in [6, 6.07) is 6.74. The Kier molecular flexibility index (Phi) is 5.55. The fraction of sp³-hybridized carbons (Fsp3) is 0.500. The molecule has 1 aliphatic rings. The summed E-state index contributed by atoms with van der Waals surface area (Å²) in [6.45, 7) is -2.84. The maximum Gasteiger partial charge on any atom is 0.387 e. The molecule has 0 radical (unpaired) electrons. The minimum atomic E-state index is -2.84. The zero-order chi connectivity index (χ0) is 16.9. The van der Waals surface area contributed by atoms with Crippen molar-refractivity contribution in [3.63, 3.8) is 0 Å². The summed E-state index contributed by atoms with van der Waals surface area (Å²) in [5.74, 6) is 7.92. The number of hydrogen-bond acceptors (Lipinski definition) is 5. The second-order valence-corrected chi connectivity index (χ2v) is 6.76. The van der Waals surface area contributed by atoms with Gasteiger partial charge in [-0.2, -0.15) is 8.78 Å². The Morgan fingerprint density at radius 2 is 1.96 bits per heavy atom. The Bertz CT molecular complexity index is 674. The second kappa shape index (κ2) is 7.83. The smallest absolute Gasteiger partial charge is 0.387 e. The summed E-state index contributed by atoms with van der Waals surface area (Å²) in [5, 5.41) is 8.98. The van der Waals surface area contributed by atoms with Crippen LogP contribution in [0.15, 0.2) is 29.4 Å². The zero-order valence-electron chi connectivity index (χ0n) is 13.2. The fourth-order valence-electron chi connectivity index (χ4n) is 3.00. The topological polar surface area (TPSA) is 66.0 Å². The molecular formula is C16H20F2N4OS. The number of nitrogens with zero attached hydrogens (tertiary/aromatic N) is 3. The number of nitrogen functional groups attached to an aromatic ring is 1. The summed E-state index contributed by atoms with van der Waals surface area (Å²) >= 11 is 1.37. The van der Waals surface area contributed by atoms with Crippen LogP contribution in [-0.4, -0.2) is 21.5 Å². The number of halogens is 2. The zero-order valence-corrected chi connectivity index (χ0v) is 14.0. The first kappa shape index (κ1) is 17.0. The van der Waals surface area contributed by atoms with Gasteiger partial charge in [0.1, 0.15) is 5.75 Å². The van der Waals surface area contributed by atoms with Crippen LogP contribution in [0.4, 0.5) is 8.78 Å². The van der Waals surface area contributed by atoms with Crippen molar-refractivity contribution in [2.75, 3.05) is 5.84 Å². The predicted octanol–water partition coefficient (Wildman–Crippen LogP) is 3.93. The van der Waals surface area contributed by atoms with Gasteiger partial charge in [0.05, 0.1) is 0 Å². The molecule has 130 valence electrons.